The minimum absolute atomic E-state index is 0.452. The zero-order valence-corrected chi connectivity index (χ0v) is 8.85. The average Bonchev–Trinajstić information content (AvgIpc) is 2.24. The van der Waals surface area contributed by atoms with Gasteiger partial charge in [-0.25, -0.2) is 0 Å². The molecule has 18 heavy (non-hydrogen) atoms. The smallest absolute Gasteiger partial charge is 0.390 e. The molecule has 0 spiro atoms. The molecule has 0 amide bonds. The van der Waals surface area contributed by atoms with Gasteiger partial charge in [0.25, 0.3) is 5.69 Å². The lowest BCUT2D eigenvalue weighted by Gasteiger charge is -2.14. The summed E-state index contributed by atoms with van der Waals surface area (Å²) in [5.41, 5.74) is -1.08. The molecular formula is C10H8F3NO4. The van der Waals surface area contributed by atoms with Crippen LogP contribution in [0, 0.1) is 10.1 Å². The molecule has 0 bridgehead atoms. The van der Waals surface area contributed by atoms with E-state index in [0.29, 0.717) is 0 Å². The number of hydrogen-bond donors (Lipinski definition) is 1. The minimum Gasteiger partial charge on any atom is -0.481 e. The summed E-state index contributed by atoms with van der Waals surface area (Å²) in [6.07, 6.45) is -6.36. The summed E-state index contributed by atoms with van der Waals surface area (Å²) in [6.45, 7) is 0. The molecule has 0 aliphatic rings. The molecule has 5 nitrogen and oxygen atoms in total. The summed E-state index contributed by atoms with van der Waals surface area (Å²) < 4.78 is 36.8. The predicted octanol–water partition coefficient (Wildman–Crippen LogP) is 2.72. The van der Waals surface area contributed by atoms with Crippen LogP contribution < -0.4 is 0 Å². The predicted molar refractivity (Wildman–Crippen MR) is 54.1 cm³/mol. The van der Waals surface area contributed by atoms with Crippen LogP contribution in [-0.4, -0.2) is 22.2 Å². The number of alkyl halides is 3. The van der Waals surface area contributed by atoms with E-state index < -0.39 is 40.7 Å². The number of carbonyl (C=O) groups is 1. The highest BCUT2D eigenvalue weighted by Gasteiger charge is 2.38. The molecule has 0 saturated heterocycles. The molecular weight excluding hydrogens is 255 g/mol. The number of hydrogen-bond acceptors (Lipinski definition) is 3. The van der Waals surface area contributed by atoms with E-state index in [-0.39, 0.29) is 0 Å². The molecule has 0 fully saturated rings. The lowest BCUT2D eigenvalue weighted by atomic mass is 9.94. The largest absolute Gasteiger partial charge is 0.481 e. The van der Waals surface area contributed by atoms with Crippen molar-refractivity contribution in [2.24, 2.45) is 0 Å². The van der Waals surface area contributed by atoms with Gasteiger partial charge in [-0.05, 0) is 0 Å². The number of carboxylic acid groups (broad SMARTS) is 1. The molecule has 1 aromatic rings. The quantitative estimate of drug-likeness (QED) is 0.669. The number of para-hydroxylation sites is 1. The van der Waals surface area contributed by atoms with Gasteiger partial charge in [-0.15, -0.1) is 0 Å². The van der Waals surface area contributed by atoms with Crippen molar-refractivity contribution in [3.05, 3.63) is 39.9 Å². The lowest BCUT2D eigenvalue weighted by molar-refractivity contribution is -0.385. The number of nitrogens with zero attached hydrogens (tertiary/aromatic N) is 1. The fraction of sp³-hybridized carbons (Fsp3) is 0.300. The molecule has 0 saturated carbocycles. The van der Waals surface area contributed by atoms with Crippen molar-refractivity contribution < 1.29 is 28.0 Å². The van der Waals surface area contributed by atoms with E-state index in [1.807, 2.05) is 0 Å². The normalized spacial score (nSPS) is 13.1. The molecule has 0 aromatic heterocycles. The second-order valence-corrected chi connectivity index (χ2v) is 3.53. The Morgan fingerprint density at radius 3 is 2.39 bits per heavy atom. The van der Waals surface area contributed by atoms with Crippen LogP contribution in [-0.2, 0) is 4.79 Å². The number of halogens is 3. The highest BCUT2D eigenvalue weighted by molar-refractivity contribution is 5.78. The third-order valence-electron chi connectivity index (χ3n) is 2.24. The van der Waals surface area contributed by atoms with Gasteiger partial charge < -0.3 is 5.11 Å². The molecule has 1 rings (SSSR count). The fourth-order valence-corrected chi connectivity index (χ4v) is 1.51. The Labute approximate surface area is 99.0 Å². The molecule has 0 aliphatic carbocycles. The number of carboxylic acids is 1. The van der Waals surface area contributed by atoms with Gasteiger partial charge in [-0.2, -0.15) is 13.2 Å². The van der Waals surface area contributed by atoms with Gasteiger partial charge in [0.05, 0.1) is 17.3 Å². The summed E-state index contributed by atoms with van der Waals surface area (Å²) in [4.78, 5) is 20.6. The van der Waals surface area contributed by atoms with Gasteiger partial charge in [0, 0.05) is 11.6 Å². The van der Waals surface area contributed by atoms with Gasteiger partial charge >= 0.3 is 12.1 Å². The Morgan fingerprint density at radius 1 is 1.39 bits per heavy atom. The van der Waals surface area contributed by atoms with Crippen LogP contribution in [0.4, 0.5) is 18.9 Å². The standard InChI is InChI=1S/C10H8F3NO4/c11-10(12,13)5-7(9(15)16)6-3-1-2-4-8(6)14(17)18/h1-4,7H,5H2,(H,15,16). The Morgan fingerprint density at radius 2 is 1.94 bits per heavy atom. The Kier molecular flexibility index (Phi) is 3.89. The van der Waals surface area contributed by atoms with Crippen molar-refractivity contribution in [3.63, 3.8) is 0 Å². The van der Waals surface area contributed by atoms with Crippen LogP contribution in [0.1, 0.15) is 17.9 Å². The Hall–Kier alpha value is -2.12. The highest BCUT2D eigenvalue weighted by atomic mass is 19.4. The van der Waals surface area contributed by atoms with Crippen molar-refractivity contribution >= 4 is 11.7 Å². The number of nitro groups is 1. The Bertz CT molecular complexity index is 472. The number of rotatable bonds is 4. The molecule has 0 aliphatic heterocycles. The van der Waals surface area contributed by atoms with Crippen LogP contribution >= 0.6 is 0 Å². The SMILES string of the molecule is O=C(O)C(CC(F)(F)F)c1ccccc1[N+](=O)[O-]. The van der Waals surface area contributed by atoms with Crippen LogP contribution in [0.5, 0.6) is 0 Å². The van der Waals surface area contributed by atoms with Crippen molar-refractivity contribution in [3.8, 4) is 0 Å². The van der Waals surface area contributed by atoms with Crippen molar-refractivity contribution in [1.29, 1.82) is 0 Å². The van der Waals surface area contributed by atoms with E-state index in [0.717, 1.165) is 12.1 Å². The molecule has 0 heterocycles. The second-order valence-electron chi connectivity index (χ2n) is 3.53. The maximum Gasteiger partial charge on any atom is 0.390 e. The highest BCUT2D eigenvalue weighted by Crippen LogP contribution is 2.35. The van der Waals surface area contributed by atoms with E-state index in [1.165, 1.54) is 12.1 Å². The van der Waals surface area contributed by atoms with Crippen LogP contribution in [0.15, 0.2) is 24.3 Å². The van der Waals surface area contributed by atoms with Crippen molar-refractivity contribution in [2.45, 2.75) is 18.5 Å². The molecule has 0 radical (unpaired) electrons. The molecule has 1 unspecified atom stereocenters. The minimum atomic E-state index is -4.72. The third-order valence-corrected chi connectivity index (χ3v) is 2.24. The van der Waals surface area contributed by atoms with Crippen molar-refractivity contribution in [2.75, 3.05) is 0 Å². The molecule has 8 heteroatoms. The van der Waals surface area contributed by atoms with E-state index in [2.05, 4.69) is 0 Å². The first-order valence-corrected chi connectivity index (χ1v) is 4.75. The zero-order valence-electron chi connectivity index (χ0n) is 8.85. The first-order valence-electron chi connectivity index (χ1n) is 4.75. The van der Waals surface area contributed by atoms with Crippen LogP contribution in [0.2, 0.25) is 0 Å². The molecule has 1 atom stereocenters. The van der Waals surface area contributed by atoms with Crippen LogP contribution in [0.3, 0.4) is 0 Å². The first kappa shape index (κ1) is 13.9. The fourth-order valence-electron chi connectivity index (χ4n) is 1.51. The molecule has 98 valence electrons. The van der Waals surface area contributed by atoms with E-state index >= 15 is 0 Å². The summed E-state index contributed by atoms with van der Waals surface area (Å²) >= 11 is 0. The second kappa shape index (κ2) is 5.03. The summed E-state index contributed by atoms with van der Waals surface area (Å²) in [5.74, 6) is -3.73. The Balaban J connectivity index is 3.22. The van der Waals surface area contributed by atoms with Crippen LogP contribution in [0.25, 0.3) is 0 Å². The topological polar surface area (TPSA) is 80.4 Å². The van der Waals surface area contributed by atoms with E-state index in [9.17, 15) is 28.1 Å². The summed E-state index contributed by atoms with van der Waals surface area (Å²) in [5, 5.41) is 19.4. The lowest BCUT2D eigenvalue weighted by Crippen LogP contribution is -2.21. The van der Waals surface area contributed by atoms with Gasteiger partial charge in [-0.1, -0.05) is 18.2 Å². The third kappa shape index (κ3) is 3.44. The molecule has 1 aromatic carbocycles. The summed E-state index contributed by atoms with van der Waals surface area (Å²) in [7, 11) is 0. The first-order chi connectivity index (χ1) is 8.22. The maximum absolute atomic E-state index is 12.3. The van der Waals surface area contributed by atoms with Gasteiger partial charge in [-0.3, -0.25) is 14.9 Å². The summed E-state index contributed by atoms with van der Waals surface area (Å²) in [6, 6.07) is 4.51. The van der Waals surface area contributed by atoms with Crippen molar-refractivity contribution in [1.82, 2.24) is 0 Å². The molecule has 1 N–H and O–H groups in total. The number of aliphatic carboxylic acids is 1. The van der Waals surface area contributed by atoms with E-state index in [4.69, 9.17) is 5.11 Å². The average molecular weight is 263 g/mol. The number of nitro benzene ring substituents is 1. The van der Waals surface area contributed by atoms with E-state index in [1.54, 1.807) is 0 Å². The van der Waals surface area contributed by atoms with Gasteiger partial charge in [0.1, 0.15) is 0 Å². The number of benzene rings is 1. The zero-order chi connectivity index (χ0) is 13.9. The van der Waals surface area contributed by atoms with Gasteiger partial charge in [0.15, 0.2) is 0 Å². The monoisotopic (exact) mass is 263 g/mol. The maximum atomic E-state index is 12.3. The van der Waals surface area contributed by atoms with Gasteiger partial charge in [0.2, 0.25) is 0 Å².